The minimum absolute atomic E-state index is 0.00630. The summed E-state index contributed by atoms with van der Waals surface area (Å²) in [5, 5.41) is 4.08. The van der Waals surface area contributed by atoms with Gasteiger partial charge in [0.2, 0.25) is 5.91 Å². The molecule has 168 valence electrons. The Bertz CT molecular complexity index is 1380. The van der Waals surface area contributed by atoms with E-state index in [1.54, 1.807) is 36.3 Å². The second kappa shape index (κ2) is 8.52. The minimum Gasteiger partial charge on any atom is -0.497 e. The lowest BCUT2D eigenvalue weighted by molar-refractivity contribution is -0.134. The van der Waals surface area contributed by atoms with E-state index in [1.165, 1.54) is 5.56 Å². The van der Waals surface area contributed by atoms with Gasteiger partial charge in [-0.15, -0.1) is 0 Å². The second-order valence-corrected chi connectivity index (χ2v) is 10.7. The summed E-state index contributed by atoms with van der Waals surface area (Å²) in [6, 6.07) is 25.1. The van der Waals surface area contributed by atoms with E-state index in [4.69, 9.17) is 4.74 Å². The molecule has 0 spiro atoms. The predicted octanol–water partition coefficient (Wildman–Crippen LogP) is 4.62. The Hall–Kier alpha value is -3.38. The van der Waals surface area contributed by atoms with E-state index in [0.29, 0.717) is 18.6 Å². The van der Waals surface area contributed by atoms with Gasteiger partial charge in [-0.3, -0.25) is 4.79 Å². The number of methoxy groups -OCH3 is 1. The fourth-order valence-electron chi connectivity index (χ4n) is 4.56. The maximum atomic E-state index is 12.9. The Morgan fingerprint density at radius 1 is 0.909 bits per heavy atom. The SMILES string of the molecule is COc1ccc(S(=O)(=O)C2CN(C(=O)CCc3c4ccccc4cc4ccccc34)C2)cc1. The van der Waals surface area contributed by atoms with E-state index in [2.05, 4.69) is 30.3 Å². The number of benzene rings is 4. The van der Waals surface area contributed by atoms with Gasteiger partial charge in [-0.1, -0.05) is 48.5 Å². The Balaban J connectivity index is 1.29. The highest BCUT2D eigenvalue weighted by molar-refractivity contribution is 7.92. The summed E-state index contributed by atoms with van der Waals surface area (Å²) in [6.45, 7) is 0.479. The number of fused-ring (bicyclic) bond motifs is 2. The first-order chi connectivity index (χ1) is 16.0. The van der Waals surface area contributed by atoms with E-state index >= 15 is 0 Å². The molecule has 4 aromatic rings. The topological polar surface area (TPSA) is 63.7 Å². The highest BCUT2D eigenvalue weighted by atomic mass is 32.2. The zero-order valence-electron chi connectivity index (χ0n) is 18.4. The van der Waals surface area contributed by atoms with Crippen molar-refractivity contribution in [3.05, 3.63) is 84.4 Å². The maximum Gasteiger partial charge on any atom is 0.222 e. The third-order valence-electron chi connectivity index (χ3n) is 6.50. The third kappa shape index (κ3) is 3.95. The molecule has 0 aliphatic carbocycles. The van der Waals surface area contributed by atoms with Gasteiger partial charge in [-0.05, 0) is 63.9 Å². The van der Waals surface area contributed by atoms with Gasteiger partial charge in [0.25, 0.3) is 0 Å². The molecule has 0 atom stereocenters. The van der Waals surface area contributed by atoms with Gasteiger partial charge in [0.05, 0.1) is 12.0 Å². The van der Waals surface area contributed by atoms with E-state index in [0.717, 1.165) is 21.5 Å². The maximum absolute atomic E-state index is 12.9. The van der Waals surface area contributed by atoms with Crippen molar-refractivity contribution >= 4 is 37.3 Å². The van der Waals surface area contributed by atoms with Crippen LogP contribution in [0.3, 0.4) is 0 Å². The highest BCUT2D eigenvalue weighted by Gasteiger charge is 2.40. The number of likely N-dealkylation sites (tertiary alicyclic amines) is 1. The molecule has 0 unspecified atom stereocenters. The molecule has 0 bridgehead atoms. The molecular weight excluding hydrogens is 434 g/mol. The Morgan fingerprint density at radius 3 is 2.06 bits per heavy atom. The number of nitrogens with zero attached hydrogens (tertiary/aromatic N) is 1. The van der Waals surface area contributed by atoms with Crippen molar-refractivity contribution in [2.75, 3.05) is 20.2 Å². The van der Waals surface area contributed by atoms with Crippen molar-refractivity contribution < 1.29 is 17.9 Å². The van der Waals surface area contributed by atoms with Crippen LogP contribution in [0.2, 0.25) is 0 Å². The van der Waals surface area contributed by atoms with Crippen LogP contribution in [0, 0.1) is 0 Å². The molecule has 1 aliphatic rings. The summed E-state index contributed by atoms with van der Waals surface area (Å²) in [5.41, 5.74) is 1.17. The lowest BCUT2D eigenvalue weighted by Gasteiger charge is -2.38. The molecular formula is C27H25NO4S. The highest BCUT2D eigenvalue weighted by Crippen LogP contribution is 2.30. The first kappa shape index (κ1) is 21.5. The number of hydrogen-bond acceptors (Lipinski definition) is 4. The van der Waals surface area contributed by atoms with Crippen LogP contribution in [-0.2, 0) is 21.1 Å². The van der Waals surface area contributed by atoms with E-state index in [1.807, 2.05) is 24.3 Å². The van der Waals surface area contributed by atoms with E-state index in [9.17, 15) is 13.2 Å². The average molecular weight is 460 g/mol. The molecule has 0 aromatic heterocycles. The number of aryl methyl sites for hydroxylation is 1. The first-order valence-corrected chi connectivity index (χ1v) is 12.6. The number of ether oxygens (including phenoxy) is 1. The molecule has 1 fully saturated rings. The van der Waals surface area contributed by atoms with Crippen molar-refractivity contribution in [2.24, 2.45) is 0 Å². The molecule has 5 nitrogen and oxygen atoms in total. The van der Waals surface area contributed by atoms with Gasteiger partial charge >= 0.3 is 0 Å². The zero-order chi connectivity index (χ0) is 23.0. The van der Waals surface area contributed by atoms with E-state index < -0.39 is 15.1 Å². The number of hydrogen-bond donors (Lipinski definition) is 0. The lowest BCUT2D eigenvalue weighted by Crippen LogP contribution is -2.56. The molecule has 1 aliphatic heterocycles. The van der Waals surface area contributed by atoms with Gasteiger partial charge in [0.15, 0.2) is 9.84 Å². The Kier molecular flexibility index (Phi) is 5.54. The number of amides is 1. The molecule has 5 rings (SSSR count). The lowest BCUT2D eigenvalue weighted by atomic mass is 9.93. The van der Waals surface area contributed by atoms with Crippen molar-refractivity contribution in [1.29, 1.82) is 0 Å². The Morgan fingerprint density at radius 2 is 1.48 bits per heavy atom. The van der Waals surface area contributed by atoms with Crippen LogP contribution < -0.4 is 4.74 Å². The summed E-state index contributed by atoms with van der Waals surface area (Å²) >= 11 is 0. The molecule has 4 aromatic carbocycles. The number of carbonyl (C=O) groups excluding carboxylic acids is 1. The smallest absolute Gasteiger partial charge is 0.222 e. The van der Waals surface area contributed by atoms with E-state index in [-0.39, 0.29) is 23.9 Å². The van der Waals surface area contributed by atoms with Gasteiger partial charge in [-0.2, -0.15) is 0 Å². The molecule has 1 amide bonds. The standard InChI is InChI=1S/C27H25NO4S/c1-32-21-10-12-22(13-11-21)33(30,31)23-17-28(18-23)27(29)15-14-26-24-8-4-2-6-19(24)16-20-7-3-5-9-25(20)26/h2-13,16,23H,14-15,17-18H2,1H3. The fraction of sp³-hybridized carbons (Fsp3) is 0.222. The second-order valence-electron chi connectivity index (χ2n) is 8.44. The van der Waals surface area contributed by atoms with Gasteiger partial charge in [0, 0.05) is 19.5 Å². The summed E-state index contributed by atoms with van der Waals surface area (Å²) in [6.07, 6.45) is 0.973. The molecule has 33 heavy (non-hydrogen) atoms. The third-order valence-corrected chi connectivity index (χ3v) is 8.60. The fourth-order valence-corrected chi connectivity index (χ4v) is 6.22. The molecule has 0 saturated carbocycles. The molecule has 1 heterocycles. The molecule has 0 N–H and O–H groups in total. The minimum atomic E-state index is -3.47. The summed E-state index contributed by atoms with van der Waals surface area (Å²) in [7, 11) is -1.93. The zero-order valence-corrected chi connectivity index (χ0v) is 19.2. The summed E-state index contributed by atoms with van der Waals surface area (Å²) in [5.74, 6) is 0.605. The normalized spacial score (nSPS) is 14.4. The van der Waals surface area contributed by atoms with Crippen molar-refractivity contribution in [2.45, 2.75) is 23.0 Å². The average Bonchev–Trinajstić information content (AvgIpc) is 2.80. The van der Waals surface area contributed by atoms with Gasteiger partial charge < -0.3 is 9.64 Å². The Labute approximate surface area is 193 Å². The van der Waals surface area contributed by atoms with Crippen LogP contribution in [0.4, 0.5) is 0 Å². The molecule has 0 radical (unpaired) electrons. The summed E-state index contributed by atoms with van der Waals surface area (Å²) < 4.78 is 30.9. The summed E-state index contributed by atoms with van der Waals surface area (Å²) in [4.78, 5) is 14.8. The van der Waals surface area contributed by atoms with Crippen molar-refractivity contribution in [3.63, 3.8) is 0 Å². The number of sulfone groups is 1. The quantitative estimate of drug-likeness (QED) is 0.395. The van der Waals surface area contributed by atoms with Crippen molar-refractivity contribution in [1.82, 2.24) is 4.90 Å². The van der Waals surface area contributed by atoms with Gasteiger partial charge in [-0.25, -0.2) is 8.42 Å². The van der Waals surface area contributed by atoms with Crippen molar-refractivity contribution in [3.8, 4) is 5.75 Å². The first-order valence-electron chi connectivity index (χ1n) is 11.0. The monoisotopic (exact) mass is 459 g/mol. The molecule has 6 heteroatoms. The number of rotatable bonds is 6. The van der Waals surface area contributed by atoms with Crippen LogP contribution in [0.25, 0.3) is 21.5 Å². The van der Waals surface area contributed by atoms with Crippen LogP contribution in [0.1, 0.15) is 12.0 Å². The van der Waals surface area contributed by atoms with Crippen LogP contribution in [-0.4, -0.2) is 44.7 Å². The molecule has 1 saturated heterocycles. The largest absolute Gasteiger partial charge is 0.497 e. The van der Waals surface area contributed by atoms with Crippen LogP contribution in [0.5, 0.6) is 5.75 Å². The van der Waals surface area contributed by atoms with Gasteiger partial charge in [0.1, 0.15) is 11.0 Å². The predicted molar refractivity (Wildman–Crippen MR) is 130 cm³/mol. The van der Waals surface area contributed by atoms with Crippen LogP contribution >= 0.6 is 0 Å². The van der Waals surface area contributed by atoms with Crippen LogP contribution in [0.15, 0.2) is 83.8 Å². The number of carbonyl (C=O) groups is 1.